The van der Waals surface area contributed by atoms with Gasteiger partial charge in [0.25, 0.3) is 0 Å². The van der Waals surface area contributed by atoms with Crippen molar-refractivity contribution in [1.29, 1.82) is 0 Å². The lowest BCUT2D eigenvalue weighted by atomic mass is 9.86. The van der Waals surface area contributed by atoms with Gasteiger partial charge >= 0.3 is 0 Å². The first-order chi connectivity index (χ1) is 14.7. The molecule has 0 heteroatoms. The van der Waals surface area contributed by atoms with Crippen LogP contribution in [0.1, 0.15) is 73.1 Å². The Balaban J connectivity index is 1.39. The minimum absolute atomic E-state index is 0.609. The molecule has 30 heavy (non-hydrogen) atoms. The average molecular weight is 393 g/mol. The second-order valence-electron chi connectivity index (χ2n) is 9.23. The van der Waals surface area contributed by atoms with Crippen LogP contribution in [0.15, 0.2) is 79.4 Å². The molecule has 0 N–H and O–H groups in total. The van der Waals surface area contributed by atoms with Crippen LogP contribution in [0.2, 0.25) is 0 Å². The number of hydrogen-bond acceptors (Lipinski definition) is 0. The Morgan fingerprint density at radius 1 is 0.800 bits per heavy atom. The third-order valence-electron chi connectivity index (χ3n) is 7.32. The number of hydrogen-bond donors (Lipinski definition) is 0. The van der Waals surface area contributed by atoms with Crippen molar-refractivity contribution in [3.63, 3.8) is 0 Å². The van der Waals surface area contributed by atoms with E-state index in [1.807, 2.05) is 0 Å². The van der Waals surface area contributed by atoms with Crippen molar-refractivity contribution in [2.45, 2.75) is 57.3 Å². The molecule has 0 heterocycles. The van der Waals surface area contributed by atoms with Gasteiger partial charge in [-0.15, -0.1) is 0 Å². The van der Waals surface area contributed by atoms with Gasteiger partial charge in [0.15, 0.2) is 0 Å². The minimum atomic E-state index is 0.609. The topological polar surface area (TPSA) is 0 Å². The minimum Gasteiger partial charge on any atom is -0.0950 e. The van der Waals surface area contributed by atoms with Gasteiger partial charge in [0.05, 0.1) is 0 Å². The van der Waals surface area contributed by atoms with Gasteiger partial charge in [-0.2, -0.15) is 0 Å². The van der Waals surface area contributed by atoms with E-state index in [1.165, 1.54) is 59.9 Å². The fourth-order valence-corrected chi connectivity index (χ4v) is 5.46. The molecule has 0 aliphatic heterocycles. The molecule has 0 radical (unpaired) electrons. The predicted molar refractivity (Wildman–Crippen MR) is 129 cm³/mol. The molecule has 3 aromatic carbocycles. The predicted octanol–water partition coefficient (Wildman–Crippen LogP) is 8.39. The van der Waals surface area contributed by atoms with E-state index in [4.69, 9.17) is 0 Å². The second kappa shape index (κ2) is 8.26. The van der Waals surface area contributed by atoms with Gasteiger partial charge in [-0.1, -0.05) is 86.3 Å². The zero-order chi connectivity index (χ0) is 20.5. The summed E-state index contributed by atoms with van der Waals surface area (Å²) in [5, 5.41) is 0. The fraction of sp³-hybridized carbons (Fsp3) is 0.333. The fourth-order valence-electron chi connectivity index (χ4n) is 5.46. The van der Waals surface area contributed by atoms with Gasteiger partial charge in [0, 0.05) is 0 Å². The number of benzene rings is 3. The summed E-state index contributed by atoms with van der Waals surface area (Å²) in [6.45, 7) is 6.77. The maximum absolute atomic E-state index is 4.46. The summed E-state index contributed by atoms with van der Waals surface area (Å²) in [6, 6.07) is 27.1. The summed E-state index contributed by atoms with van der Waals surface area (Å²) in [5.41, 5.74) is 10.1. The van der Waals surface area contributed by atoms with E-state index in [0.29, 0.717) is 11.8 Å². The van der Waals surface area contributed by atoms with E-state index >= 15 is 0 Å². The van der Waals surface area contributed by atoms with E-state index in [9.17, 15) is 0 Å². The molecular weight excluding hydrogens is 360 g/mol. The Morgan fingerprint density at radius 3 is 2.30 bits per heavy atom. The third kappa shape index (κ3) is 3.76. The first-order valence-electron chi connectivity index (χ1n) is 11.7. The lowest BCUT2D eigenvalue weighted by Crippen LogP contribution is -2.02. The zero-order valence-corrected chi connectivity index (χ0v) is 18.1. The Labute approximate surface area is 181 Å². The SMILES string of the molecule is C=C(c1ccccc1)C1CCC(c2ccc(-c3ccccc3C3CC3)cc2CC)C1. The molecule has 5 rings (SSSR count). The van der Waals surface area contributed by atoms with E-state index in [1.54, 1.807) is 11.1 Å². The van der Waals surface area contributed by atoms with Gasteiger partial charge in [-0.25, -0.2) is 0 Å². The Bertz CT molecular complexity index is 1040. The van der Waals surface area contributed by atoms with E-state index in [0.717, 1.165) is 12.3 Å². The molecule has 2 atom stereocenters. The lowest BCUT2D eigenvalue weighted by molar-refractivity contribution is 0.670. The van der Waals surface area contributed by atoms with Gasteiger partial charge < -0.3 is 0 Å². The quantitative estimate of drug-likeness (QED) is 0.395. The maximum atomic E-state index is 4.46. The molecule has 152 valence electrons. The molecule has 2 aliphatic rings. The normalized spacial score (nSPS) is 21.0. The molecule has 2 saturated carbocycles. The van der Waals surface area contributed by atoms with Crippen LogP contribution in [0, 0.1) is 5.92 Å². The summed E-state index contributed by atoms with van der Waals surface area (Å²) in [7, 11) is 0. The van der Waals surface area contributed by atoms with Crippen molar-refractivity contribution in [3.8, 4) is 11.1 Å². The summed E-state index contributed by atoms with van der Waals surface area (Å²) in [4.78, 5) is 0. The average Bonchev–Trinajstić information content (AvgIpc) is 3.55. The van der Waals surface area contributed by atoms with Crippen molar-refractivity contribution in [2.24, 2.45) is 5.92 Å². The summed E-state index contributed by atoms with van der Waals surface area (Å²) < 4.78 is 0. The first kappa shape index (κ1) is 19.4. The van der Waals surface area contributed by atoms with Crippen molar-refractivity contribution in [2.75, 3.05) is 0 Å². The van der Waals surface area contributed by atoms with E-state index < -0.39 is 0 Å². The van der Waals surface area contributed by atoms with Crippen LogP contribution in [0.4, 0.5) is 0 Å². The van der Waals surface area contributed by atoms with Gasteiger partial charge in [-0.3, -0.25) is 0 Å². The highest BCUT2D eigenvalue weighted by atomic mass is 14.3. The molecule has 0 amide bonds. The van der Waals surface area contributed by atoms with Gasteiger partial charge in [0.1, 0.15) is 0 Å². The van der Waals surface area contributed by atoms with E-state index in [2.05, 4.69) is 86.3 Å². The molecule has 2 fully saturated rings. The van der Waals surface area contributed by atoms with Crippen LogP contribution in [0.3, 0.4) is 0 Å². The summed E-state index contributed by atoms with van der Waals surface area (Å²) >= 11 is 0. The molecule has 0 spiro atoms. The molecular formula is C30H32. The number of rotatable bonds is 6. The molecule has 0 nitrogen and oxygen atoms in total. The van der Waals surface area contributed by atoms with Crippen LogP contribution >= 0.6 is 0 Å². The molecule has 2 unspecified atom stereocenters. The highest BCUT2D eigenvalue weighted by molar-refractivity contribution is 5.70. The molecule has 3 aromatic rings. The van der Waals surface area contributed by atoms with Gasteiger partial charge in [0.2, 0.25) is 0 Å². The number of allylic oxidation sites excluding steroid dienone is 1. The third-order valence-corrected chi connectivity index (χ3v) is 7.32. The lowest BCUT2D eigenvalue weighted by Gasteiger charge is -2.19. The second-order valence-corrected chi connectivity index (χ2v) is 9.23. The monoisotopic (exact) mass is 392 g/mol. The molecule has 0 aromatic heterocycles. The zero-order valence-electron chi connectivity index (χ0n) is 18.1. The van der Waals surface area contributed by atoms with Crippen LogP contribution in [-0.2, 0) is 6.42 Å². The molecule has 0 saturated heterocycles. The smallest absolute Gasteiger partial charge is 0.0149 e. The van der Waals surface area contributed by atoms with Crippen LogP contribution in [0.25, 0.3) is 16.7 Å². The Kier molecular flexibility index (Phi) is 5.34. The highest BCUT2D eigenvalue weighted by Gasteiger charge is 2.30. The summed E-state index contributed by atoms with van der Waals surface area (Å²) in [6.07, 6.45) is 7.58. The maximum Gasteiger partial charge on any atom is -0.0149 e. The van der Waals surface area contributed by atoms with Crippen molar-refractivity contribution >= 4 is 5.57 Å². The van der Waals surface area contributed by atoms with Crippen molar-refractivity contribution in [3.05, 3.63) is 102 Å². The van der Waals surface area contributed by atoms with Gasteiger partial charge in [-0.05, 0) is 95.2 Å². The largest absolute Gasteiger partial charge is 0.0950 e. The van der Waals surface area contributed by atoms with E-state index in [-0.39, 0.29) is 0 Å². The molecule has 2 aliphatic carbocycles. The van der Waals surface area contributed by atoms with Crippen molar-refractivity contribution in [1.82, 2.24) is 0 Å². The Hall–Kier alpha value is -2.60. The first-order valence-corrected chi connectivity index (χ1v) is 11.7. The van der Waals surface area contributed by atoms with Crippen molar-refractivity contribution < 1.29 is 0 Å². The van der Waals surface area contributed by atoms with Crippen LogP contribution in [-0.4, -0.2) is 0 Å². The Morgan fingerprint density at radius 2 is 1.53 bits per heavy atom. The standard InChI is InChI=1S/C30H32/c1-3-22-19-27(30-12-8-7-11-29(30)24-13-14-24)17-18-28(22)26-16-15-25(20-26)21(2)23-9-5-4-6-10-23/h4-12,17-19,24-26H,2-3,13-16,20H2,1H3. The molecule has 0 bridgehead atoms. The summed E-state index contributed by atoms with van der Waals surface area (Å²) in [5.74, 6) is 2.06. The van der Waals surface area contributed by atoms with Crippen LogP contribution < -0.4 is 0 Å². The van der Waals surface area contributed by atoms with Crippen LogP contribution in [0.5, 0.6) is 0 Å². The highest BCUT2D eigenvalue weighted by Crippen LogP contribution is 2.47. The number of aryl methyl sites for hydroxylation is 1.